The normalized spacial score (nSPS) is 11.5. The number of hydrogen-bond donors (Lipinski definition) is 1. The van der Waals surface area contributed by atoms with Gasteiger partial charge in [0.05, 0.1) is 12.1 Å². The lowest BCUT2D eigenvalue weighted by Crippen LogP contribution is -2.25. The van der Waals surface area contributed by atoms with Crippen LogP contribution >= 0.6 is 0 Å². The second-order valence-corrected chi connectivity index (χ2v) is 7.02. The van der Waals surface area contributed by atoms with E-state index in [1.165, 1.54) is 28.9 Å². The van der Waals surface area contributed by atoms with Crippen molar-refractivity contribution < 1.29 is 22.4 Å². The Hall–Kier alpha value is -3.95. The molecule has 0 aliphatic rings. The summed E-state index contributed by atoms with van der Waals surface area (Å²) in [6.07, 6.45) is -0.992. The maximum Gasteiger partial charge on any atom is 0.416 e. The molecule has 0 saturated carbocycles. The molecule has 0 spiro atoms. The summed E-state index contributed by atoms with van der Waals surface area (Å²) in [5.74, 6) is -0.553. The van der Waals surface area contributed by atoms with Crippen LogP contribution in [0.2, 0.25) is 0 Å². The molecule has 0 fully saturated rings. The minimum Gasteiger partial charge on any atom is -0.346 e. The first-order valence-electron chi connectivity index (χ1n) is 9.57. The van der Waals surface area contributed by atoms with Gasteiger partial charge in [0.25, 0.3) is 5.91 Å². The molecule has 0 saturated heterocycles. The molecule has 0 aliphatic carbocycles. The third-order valence-electron chi connectivity index (χ3n) is 4.73. The number of benzene rings is 2. The molecule has 32 heavy (non-hydrogen) atoms. The lowest BCUT2D eigenvalue weighted by atomic mass is 10.1. The first-order chi connectivity index (χ1) is 15.3. The smallest absolute Gasteiger partial charge is 0.346 e. The first-order valence-corrected chi connectivity index (χ1v) is 9.57. The number of carbonyl (C=O) groups excluding carboxylic acids is 1. The third-order valence-corrected chi connectivity index (χ3v) is 4.73. The molecule has 4 aromatic rings. The predicted octanol–water partition coefficient (Wildman–Crippen LogP) is 4.21. The molecule has 1 N–H and O–H groups in total. The maximum atomic E-state index is 13.6. The van der Waals surface area contributed by atoms with Gasteiger partial charge >= 0.3 is 6.18 Å². The van der Waals surface area contributed by atoms with E-state index in [-0.39, 0.29) is 24.6 Å². The molecule has 4 rings (SSSR count). The quantitative estimate of drug-likeness (QED) is 0.454. The van der Waals surface area contributed by atoms with Crippen LogP contribution in [0.4, 0.5) is 17.6 Å². The number of carbonyl (C=O) groups is 1. The molecule has 10 heteroatoms. The molecule has 164 valence electrons. The van der Waals surface area contributed by atoms with Crippen LogP contribution in [0.1, 0.15) is 27.2 Å². The lowest BCUT2D eigenvalue weighted by Gasteiger charge is -2.10. The molecule has 0 radical (unpaired) electrons. The van der Waals surface area contributed by atoms with Gasteiger partial charge in [0.15, 0.2) is 11.5 Å². The van der Waals surface area contributed by atoms with Crippen molar-refractivity contribution in [1.82, 2.24) is 24.9 Å². The number of halogens is 4. The van der Waals surface area contributed by atoms with Gasteiger partial charge in [-0.15, -0.1) is 5.10 Å². The molecule has 2 aromatic carbocycles. The van der Waals surface area contributed by atoms with Crippen molar-refractivity contribution in [3.05, 3.63) is 101 Å². The first kappa shape index (κ1) is 21.3. The highest BCUT2D eigenvalue weighted by atomic mass is 19.4. The van der Waals surface area contributed by atoms with Gasteiger partial charge in [-0.3, -0.25) is 4.79 Å². The van der Waals surface area contributed by atoms with Crippen molar-refractivity contribution in [1.29, 1.82) is 0 Å². The van der Waals surface area contributed by atoms with E-state index < -0.39 is 17.6 Å². The Balaban J connectivity index is 1.55. The monoisotopic (exact) mass is 443 g/mol. The van der Waals surface area contributed by atoms with Crippen molar-refractivity contribution in [3.8, 4) is 5.82 Å². The van der Waals surface area contributed by atoms with Crippen LogP contribution < -0.4 is 5.32 Å². The summed E-state index contributed by atoms with van der Waals surface area (Å²) in [4.78, 5) is 12.8. The molecule has 6 nitrogen and oxygen atoms in total. The molecule has 0 atom stereocenters. The number of aromatic nitrogens is 4. The second kappa shape index (κ2) is 8.66. The summed E-state index contributed by atoms with van der Waals surface area (Å²) in [5.41, 5.74) is 0.410. The van der Waals surface area contributed by atoms with Crippen molar-refractivity contribution in [2.24, 2.45) is 0 Å². The van der Waals surface area contributed by atoms with Gasteiger partial charge in [-0.05, 0) is 47.5 Å². The lowest BCUT2D eigenvalue weighted by molar-refractivity contribution is -0.137. The highest BCUT2D eigenvalue weighted by Gasteiger charge is 2.30. The molecule has 2 heterocycles. The van der Waals surface area contributed by atoms with Crippen LogP contribution in [0.3, 0.4) is 0 Å². The second-order valence-electron chi connectivity index (χ2n) is 7.02. The average Bonchev–Trinajstić information content (AvgIpc) is 3.41. The number of alkyl halides is 3. The van der Waals surface area contributed by atoms with Crippen molar-refractivity contribution >= 4 is 5.91 Å². The Labute approximate surface area is 180 Å². The molecular formula is C22H17F4N5O. The molecule has 2 aromatic heterocycles. The van der Waals surface area contributed by atoms with Crippen LogP contribution in [0.25, 0.3) is 5.82 Å². The zero-order valence-corrected chi connectivity index (χ0v) is 16.6. The van der Waals surface area contributed by atoms with Crippen LogP contribution in [0.5, 0.6) is 0 Å². The molecule has 0 unspecified atom stereocenters. The Bertz CT molecular complexity index is 1210. The number of rotatable bonds is 6. The van der Waals surface area contributed by atoms with Gasteiger partial charge in [0.2, 0.25) is 0 Å². The van der Waals surface area contributed by atoms with Crippen LogP contribution in [-0.2, 0) is 19.3 Å². The van der Waals surface area contributed by atoms with E-state index in [9.17, 15) is 22.4 Å². The SMILES string of the molecule is O=C(NCc1ccc(C(F)(F)F)cc1)c1nnn(Cc2cccc(F)c2)c1-n1cccc1. The Morgan fingerprint density at radius 3 is 2.34 bits per heavy atom. The zero-order chi connectivity index (χ0) is 22.7. The summed E-state index contributed by atoms with van der Waals surface area (Å²) in [5, 5.41) is 10.7. The van der Waals surface area contributed by atoms with E-state index >= 15 is 0 Å². The standard InChI is InChI=1S/C22H17F4N5O/c23-18-5-3-4-16(12-18)14-31-21(30-10-1-2-11-30)19(28-29-31)20(32)27-13-15-6-8-17(9-7-15)22(24,25)26/h1-12H,13-14H2,(H,27,32). The number of nitrogens with one attached hydrogen (secondary N) is 1. The third kappa shape index (κ3) is 4.69. The van der Waals surface area contributed by atoms with Crippen molar-refractivity contribution in [2.45, 2.75) is 19.3 Å². The molecule has 0 bridgehead atoms. The minimum absolute atomic E-state index is 0.0127. The molecular weight excluding hydrogens is 426 g/mol. The molecule has 0 aliphatic heterocycles. The van der Waals surface area contributed by atoms with Gasteiger partial charge in [0.1, 0.15) is 5.82 Å². The van der Waals surface area contributed by atoms with Gasteiger partial charge < -0.3 is 9.88 Å². The Morgan fingerprint density at radius 2 is 1.69 bits per heavy atom. The maximum absolute atomic E-state index is 13.6. The number of amides is 1. The molecule has 1 amide bonds. The van der Waals surface area contributed by atoms with Gasteiger partial charge in [-0.25, -0.2) is 9.07 Å². The minimum atomic E-state index is -4.42. The average molecular weight is 443 g/mol. The van der Waals surface area contributed by atoms with Gasteiger partial charge in [-0.2, -0.15) is 13.2 Å². The highest BCUT2D eigenvalue weighted by Crippen LogP contribution is 2.29. The van der Waals surface area contributed by atoms with Gasteiger partial charge in [0, 0.05) is 18.9 Å². The number of hydrogen-bond acceptors (Lipinski definition) is 3. The van der Waals surface area contributed by atoms with E-state index in [1.807, 2.05) is 0 Å². The topological polar surface area (TPSA) is 64.7 Å². The predicted molar refractivity (Wildman–Crippen MR) is 107 cm³/mol. The Morgan fingerprint density at radius 1 is 0.969 bits per heavy atom. The van der Waals surface area contributed by atoms with Crippen LogP contribution in [-0.4, -0.2) is 25.5 Å². The van der Waals surface area contributed by atoms with Crippen LogP contribution in [0, 0.1) is 5.82 Å². The van der Waals surface area contributed by atoms with E-state index in [4.69, 9.17) is 0 Å². The summed E-state index contributed by atoms with van der Waals surface area (Å²) in [6, 6.07) is 14.1. The largest absolute Gasteiger partial charge is 0.416 e. The number of nitrogens with zero attached hydrogens (tertiary/aromatic N) is 4. The van der Waals surface area contributed by atoms with Gasteiger partial charge in [-0.1, -0.05) is 29.5 Å². The fraction of sp³-hybridized carbons (Fsp3) is 0.136. The van der Waals surface area contributed by atoms with E-state index in [1.54, 1.807) is 41.2 Å². The van der Waals surface area contributed by atoms with Crippen molar-refractivity contribution in [3.63, 3.8) is 0 Å². The summed E-state index contributed by atoms with van der Waals surface area (Å²) in [7, 11) is 0. The summed E-state index contributed by atoms with van der Waals surface area (Å²) >= 11 is 0. The van der Waals surface area contributed by atoms with E-state index in [2.05, 4.69) is 15.6 Å². The summed E-state index contributed by atoms with van der Waals surface area (Å²) < 4.78 is 54.8. The fourth-order valence-corrected chi connectivity index (χ4v) is 3.18. The Kier molecular flexibility index (Phi) is 5.76. The van der Waals surface area contributed by atoms with Crippen LogP contribution in [0.15, 0.2) is 73.1 Å². The van der Waals surface area contributed by atoms with Crippen molar-refractivity contribution in [2.75, 3.05) is 0 Å². The zero-order valence-electron chi connectivity index (χ0n) is 16.6. The van der Waals surface area contributed by atoms with E-state index in [0.29, 0.717) is 16.9 Å². The summed E-state index contributed by atoms with van der Waals surface area (Å²) in [6.45, 7) is 0.198. The fourth-order valence-electron chi connectivity index (χ4n) is 3.18. The highest BCUT2D eigenvalue weighted by molar-refractivity contribution is 5.95. The van der Waals surface area contributed by atoms with E-state index in [0.717, 1.165) is 12.1 Å².